The molecule has 4 heterocycles. The summed E-state index contributed by atoms with van der Waals surface area (Å²) in [6, 6.07) is 4.47. The highest BCUT2D eigenvalue weighted by Crippen LogP contribution is 2.58. The Balaban J connectivity index is 1.25. The molecule has 1 saturated heterocycles. The van der Waals surface area contributed by atoms with Crippen molar-refractivity contribution in [1.29, 1.82) is 0 Å². The number of allylic oxidation sites excluding steroid dienone is 2. The van der Waals surface area contributed by atoms with Crippen LogP contribution in [0.3, 0.4) is 0 Å². The minimum absolute atomic E-state index is 0.0448. The van der Waals surface area contributed by atoms with Gasteiger partial charge in [0, 0.05) is 29.7 Å². The van der Waals surface area contributed by atoms with Crippen molar-refractivity contribution in [2.75, 3.05) is 13.7 Å². The van der Waals surface area contributed by atoms with E-state index in [4.69, 9.17) is 19.2 Å². The number of Topliss-reactive ketones (excluding diaryl/α,β-unsaturated/α-hetero) is 1. The molecule has 59 heavy (non-hydrogen) atoms. The van der Waals surface area contributed by atoms with Crippen LogP contribution in [-0.2, 0) is 46.8 Å². The van der Waals surface area contributed by atoms with E-state index in [9.17, 15) is 40.8 Å². The van der Waals surface area contributed by atoms with Crippen LogP contribution in [0.5, 0.6) is 11.5 Å². The molecular weight excluding hydrogens is 792 g/mol. The topological polar surface area (TPSA) is 158 Å². The van der Waals surface area contributed by atoms with Crippen molar-refractivity contribution >= 4 is 44.5 Å². The lowest BCUT2D eigenvalue weighted by Crippen LogP contribution is -2.48. The van der Waals surface area contributed by atoms with E-state index in [1.165, 1.54) is 4.90 Å². The number of ketones is 1. The van der Waals surface area contributed by atoms with Gasteiger partial charge in [0.15, 0.2) is 5.78 Å². The Kier molecular flexibility index (Phi) is 11.2. The van der Waals surface area contributed by atoms with Gasteiger partial charge in [-0.25, -0.2) is 13.4 Å². The predicted octanol–water partition coefficient (Wildman–Crippen LogP) is 6.85. The van der Waals surface area contributed by atoms with Crippen LogP contribution in [0.15, 0.2) is 30.4 Å². The molecular formula is C43H54F3N3O9S. The predicted molar refractivity (Wildman–Crippen MR) is 211 cm³/mol. The highest BCUT2D eigenvalue weighted by Gasteiger charge is 2.63. The number of sulfonamides is 1. The smallest absolute Gasteiger partial charge is 0.427 e. The molecule has 2 aromatic rings. The number of halogens is 3. The van der Waals surface area contributed by atoms with Crippen LogP contribution in [0, 0.1) is 17.3 Å². The van der Waals surface area contributed by atoms with E-state index in [1.807, 2.05) is 37.3 Å². The molecule has 2 amide bonds. The number of rotatable bonds is 8. The van der Waals surface area contributed by atoms with Crippen LogP contribution >= 0.6 is 0 Å². The molecule has 3 aliphatic heterocycles. The summed E-state index contributed by atoms with van der Waals surface area (Å²) in [7, 11) is -2.45. The third-order valence-electron chi connectivity index (χ3n) is 13.4. The van der Waals surface area contributed by atoms with Crippen molar-refractivity contribution in [3.8, 4) is 11.5 Å². The molecule has 1 aromatic heterocycles. The molecule has 1 spiro atoms. The number of carbonyl (C=O) groups is 4. The summed E-state index contributed by atoms with van der Waals surface area (Å²) in [6.45, 7) is 4.97. The number of ether oxygens (including phenoxy) is 3. The average Bonchev–Trinajstić information content (AvgIpc) is 4.06. The van der Waals surface area contributed by atoms with Gasteiger partial charge in [0.25, 0.3) is 0 Å². The number of methoxy groups -OCH3 is 1. The van der Waals surface area contributed by atoms with Gasteiger partial charge in [0.05, 0.1) is 47.5 Å². The molecule has 0 unspecified atom stereocenters. The second kappa shape index (κ2) is 15.4. The van der Waals surface area contributed by atoms with Gasteiger partial charge >= 0.3 is 12.1 Å². The van der Waals surface area contributed by atoms with Crippen LogP contribution in [0.4, 0.5) is 13.2 Å². The zero-order valence-corrected chi connectivity index (χ0v) is 35.2. The summed E-state index contributed by atoms with van der Waals surface area (Å²) in [5.41, 5.74) is -2.86. The number of nitrogens with zero attached hydrogens (tertiary/aromatic N) is 2. The maximum atomic E-state index is 14.8. The van der Waals surface area contributed by atoms with Crippen molar-refractivity contribution < 1.29 is 55.0 Å². The molecule has 3 fully saturated rings. The van der Waals surface area contributed by atoms with Crippen molar-refractivity contribution in [1.82, 2.24) is 14.6 Å². The standard InChI is InChI=1S/C43H54F3N3O9S/c1-6-31-36-29(30-21-28(56-5)14-15-32(30)47-31)16-17-41(58-36)23-33-34(50)24-42(38(53)48-59(54,55)40(4)18-19-40)22-27(42)13-11-9-7-8-10-12-26(37(52)49(33)25-41)20-35(51)57-39(2,3)43(44,45)46/h11,13-15,21,26-27,33H,6-10,12,16-20,22-25H2,1-5H3,(H,48,53)/b13-11-/t26-,27-,33+,41-,42-/m1/s1. The Morgan fingerprint density at radius 1 is 1.08 bits per heavy atom. The minimum atomic E-state index is -4.85. The van der Waals surface area contributed by atoms with Crippen LogP contribution in [0.1, 0.15) is 116 Å². The first-order valence-corrected chi connectivity index (χ1v) is 22.2. The number of alkyl halides is 3. The first-order chi connectivity index (χ1) is 27.7. The van der Waals surface area contributed by atoms with Crippen LogP contribution in [0.25, 0.3) is 10.9 Å². The van der Waals surface area contributed by atoms with E-state index in [0.717, 1.165) is 30.3 Å². The molecule has 1 aromatic carbocycles. The van der Waals surface area contributed by atoms with Crippen molar-refractivity contribution in [3.63, 3.8) is 0 Å². The summed E-state index contributed by atoms with van der Waals surface area (Å²) in [5.74, 6) is -3.29. The molecule has 2 aliphatic carbocycles. The quantitative estimate of drug-likeness (QED) is 0.220. The van der Waals surface area contributed by atoms with Crippen LogP contribution < -0.4 is 14.2 Å². The molecule has 322 valence electrons. The summed E-state index contributed by atoms with van der Waals surface area (Å²) in [6.07, 6.45) is 3.11. The number of hydrogen-bond donors (Lipinski definition) is 1. The summed E-state index contributed by atoms with van der Waals surface area (Å²) in [4.78, 5) is 63.2. The van der Waals surface area contributed by atoms with Crippen LogP contribution in [0.2, 0.25) is 0 Å². The Labute approximate surface area is 343 Å². The van der Waals surface area contributed by atoms with Gasteiger partial charge in [-0.3, -0.25) is 23.9 Å². The molecule has 5 aliphatic rings. The van der Waals surface area contributed by atoms with Gasteiger partial charge < -0.3 is 19.1 Å². The maximum Gasteiger partial charge on any atom is 0.427 e. The lowest BCUT2D eigenvalue weighted by molar-refractivity contribution is -0.257. The summed E-state index contributed by atoms with van der Waals surface area (Å²) < 4.78 is 86.4. The number of esters is 1. The molecule has 5 atom stereocenters. The highest BCUT2D eigenvalue weighted by molar-refractivity contribution is 7.91. The van der Waals surface area contributed by atoms with Crippen LogP contribution in [-0.4, -0.2) is 83.7 Å². The van der Waals surface area contributed by atoms with Gasteiger partial charge in [-0.15, -0.1) is 0 Å². The number of benzene rings is 1. The maximum absolute atomic E-state index is 14.8. The third kappa shape index (κ3) is 8.18. The molecule has 0 bridgehead atoms. The van der Waals surface area contributed by atoms with Gasteiger partial charge in [-0.1, -0.05) is 31.9 Å². The summed E-state index contributed by atoms with van der Waals surface area (Å²) in [5, 5.41) is 0.850. The molecule has 2 saturated carbocycles. The Morgan fingerprint density at radius 2 is 1.83 bits per heavy atom. The van der Waals surface area contributed by atoms with Gasteiger partial charge in [-0.2, -0.15) is 13.2 Å². The van der Waals surface area contributed by atoms with Crippen molar-refractivity contribution in [2.24, 2.45) is 17.3 Å². The molecule has 0 radical (unpaired) electrons. The third-order valence-corrected chi connectivity index (χ3v) is 15.5. The number of aromatic nitrogens is 1. The number of fused-ring (bicyclic) bond motifs is 5. The van der Waals surface area contributed by atoms with E-state index < -0.39 is 85.4 Å². The average molecular weight is 846 g/mol. The lowest BCUT2D eigenvalue weighted by atomic mass is 9.85. The van der Waals surface area contributed by atoms with E-state index >= 15 is 0 Å². The fourth-order valence-corrected chi connectivity index (χ4v) is 10.3. The largest absolute Gasteiger partial charge is 0.497 e. The normalized spacial score (nSPS) is 28.9. The number of hydrogen-bond acceptors (Lipinski definition) is 10. The zero-order valence-electron chi connectivity index (χ0n) is 34.3. The Hall–Kier alpha value is -4.21. The zero-order chi connectivity index (χ0) is 42.8. The van der Waals surface area contributed by atoms with E-state index in [1.54, 1.807) is 14.0 Å². The number of amides is 2. The fourth-order valence-electron chi connectivity index (χ4n) is 9.00. The lowest BCUT2D eigenvalue weighted by Gasteiger charge is -2.37. The Bertz CT molecular complexity index is 2190. The molecule has 1 N–H and O–H groups in total. The Morgan fingerprint density at radius 3 is 2.51 bits per heavy atom. The van der Waals surface area contributed by atoms with Gasteiger partial charge in [0.2, 0.25) is 27.4 Å². The fraction of sp³-hybridized carbons (Fsp3) is 0.651. The number of aryl methyl sites for hydroxylation is 2. The summed E-state index contributed by atoms with van der Waals surface area (Å²) >= 11 is 0. The van der Waals surface area contributed by atoms with E-state index in [0.29, 0.717) is 75.0 Å². The first-order valence-electron chi connectivity index (χ1n) is 20.7. The molecule has 7 rings (SSSR count). The molecule has 16 heteroatoms. The highest BCUT2D eigenvalue weighted by atomic mass is 32.2. The first kappa shape index (κ1) is 42.9. The van der Waals surface area contributed by atoms with E-state index in [-0.39, 0.29) is 32.2 Å². The second-order valence-corrected chi connectivity index (χ2v) is 20.2. The van der Waals surface area contributed by atoms with Gasteiger partial charge in [0.1, 0.15) is 17.1 Å². The van der Waals surface area contributed by atoms with Crippen molar-refractivity contribution in [2.45, 2.75) is 146 Å². The number of nitrogens with one attached hydrogen (secondary N) is 1. The van der Waals surface area contributed by atoms with E-state index in [2.05, 4.69) is 4.72 Å². The number of carbonyl (C=O) groups excluding carboxylic acids is 4. The second-order valence-electron chi connectivity index (χ2n) is 18.0. The molecule has 12 nitrogen and oxygen atoms in total. The van der Waals surface area contributed by atoms with Gasteiger partial charge in [-0.05, 0) is 103 Å². The van der Waals surface area contributed by atoms with Crippen molar-refractivity contribution in [3.05, 3.63) is 41.6 Å². The number of pyridine rings is 1. The minimum Gasteiger partial charge on any atom is -0.497 e. The monoisotopic (exact) mass is 845 g/mol. The SMILES string of the molecule is CCc1nc2ccc(OC)cc2c2c1O[C@]1(CC2)C[C@H]2C(=O)C[C@]3(C(=O)NS(=O)(=O)C4(C)CC4)C[C@H]3/C=C\CCCCC[C@H](CC(=O)OC(C)(C)C(F)(F)F)C(=O)N2C1.